The Bertz CT molecular complexity index is 717. The van der Waals surface area contributed by atoms with Crippen molar-refractivity contribution in [2.24, 2.45) is 0 Å². The number of nitrogens with zero attached hydrogens (tertiary/aromatic N) is 3. The van der Waals surface area contributed by atoms with Crippen LogP contribution in [0.1, 0.15) is 11.3 Å². The Labute approximate surface area is 110 Å². The van der Waals surface area contributed by atoms with Gasteiger partial charge >= 0.3 is 0 Å². The Balaban J connectivity index is 2.44. The van der Waals surface area contributed by atoms with Crippen LogP contribution in [0, 0.1) is 13.8 Å². The maximum absolute atomic E-state index is 6.17. The summed E-state index contributed by atoms with van der Waals surface area (Å²) in [5.41, 5.74) is 4.21. The quantitative estimate of drug-likeness (QED) is 0.623. The molecule has 0 unspecified atom stereocenters. The molecule has 0 aliphatic carbocycles. The predicted octanol–water partition coefficient (Wildman–Crippen LogP) is 3.69. The molecule has 0 radical (unpaired) electrons. The Hall–Kier alpha value is -1.87. The molecule has 2 aromatic heterocycles. The second-order valence-electron chi connectivity index (χ2n) is 4.24. The van der Waals surface area contributed by atoms with Crippen LogP contribution in [0.25, 0.3) is 16.7 Å². The topological polar surface area (TPSA) is 30.7 Å². The summed E-state index contributed by atoms with van der Waals surface area (Å²) in [5, 5.41) is 1.44. The van der Waals surface area contributed by atoms with Crippen molar-refractivity contribution in [3.05, 3.63) is 53.1 Å². The molecule has 0 saturated carbocycles. The van der Waals surface area contributed by atoms with E-state index in [1.165, 1.54) is 6.33 Å². The van der Waals surface area contributed by atoms with Gasteiger partial charge in [-0.2, -0.15) is 0 Å². The van der Waals surface area contributed by atoms with Gasteiger partial charge in [-0.1, -0.05) is 29.8 Å². The molecular formula is C14H12ClN3. The molecule has 0 saturated heterocycles. The monoisotopic (exact) mass is 257 g/mol. The van der Waals surface area contributed by atoms with Gasteiger partial charge in [0.2, 0.25) is 0 Å². The van der Waals surface area contributed by atoms with E-state index >= 15 is 0 Å². The lowest BCUT2D eigenvalue weighted by molar-refractivity contribution is 1.01. The lowest BCUT2D eigenvalue weighted by atomic mass is 10.2. The fourth-order valence-electron chi connectivity index (χ4n) is 2.25. The summed E-state index contributed by atoms with van der Waals surface area (Å²) in [6.45, 7) is 4.12. The maximum Gasteiger partial charge on any atom is 0.149 e. The van der Waals surface area contributed by atoms with Crippen LogP contribution in [-0.2, 0) is 0 Å². The number of hydrogen-bond donors (Lipinski definition) is 0. The lowest BCUT2D eigenvalue weighted by Gasteiger charge is -2.07. The van der Waals surface area contributed by atoms with Gasteiger partial charge in [0.1, 0.15) is 17.1 Å². The van der Waals surface area contributed by atoms with Crippen molar-refractivity contribution in [3.63, 3.8) is 0 Å². The fraction of sp³-hybridized carbons (Fsp3) is 0.143. The Morgan fingerprint density at radius 2 is 1.78 bits per heavy atom. The zero-order chi connectivity index (χ0) is 12.7. The Kier molecular flexibility index (Phi) is 2.56. The van der Waals surface area contributed by atoms with Gasteiger partial charge in [-0.05, 0) is 31.5 Å². The molecule has 3 aromatic rings. The van der Waals surface area contributed by atoms with Crippen LogP contribution in [0.4, 0.5) is 0 Å². The smallest absolute Gasteiger partial charge is 0.149 e. The molecule has 3 rings (SSSR count). The number of fused-ring (bicyclic) bond motifs is 1. The molecule has 0 aliphatic heterocycles. The van der Waals surface area contributed by atoms with Crippen LogP contribution in [0.2, 0.25) is 5.15 Å². The minimum atomic E-state index is 0.510. The van der Waals surface area contributed by atoms with E-state index in [0.717, 1.165) is 28.0 Å². The number of para-hydroxylation sites is 1. The van der Waals surface area contributed by atoms with Crippen molar-refractivity contribution in [3.8, 4) is 5.69 Å². The van der Waals surface area contributed by atoms with Crippen molar-refractivity contribution in [2.75, 3.05) is 0 Å². The van der Waals surface area contributed by atoms with Gasteiger partial charge in [0.25, 0.3) is 0 Å². The highest BCUT2D eigenvalue weighted by molar-refractivity contribution is 6.34. The van der Waals surface area contributed by atoms with E-state index < -0.39 is 0 Å². The van der Waals surface area contributed by atoms with E-state index in [9.17, 15) is 0 Å². The van der Waals surface area contributed by atoms with Gasteiger partial charge in [0.05, 0.1) is 5.39 Å². The minimum Gasteiger partial charge on any atom is -0.298 e. The van der Waals surface area contributed by atoms with Gasteiger partial charge in [0.15, 0.2) is 0 Å². The molecule has 0 atom stereocenters. The molecule has 3 nitrogen and oxygen atoms in total. The van der Waals surface area contributed by atoms with Gasteiger partial charge in [-0.15, -0.1) is 0 Å². The number of hydrogen-bond acceptors (Lipinski definition) is 2. The molecule has 0 fully saturated rings. The summed E-state index contributed by atoms with van der Waals surface area (Å²) in [7, 11) is 0. The van der Waals surface area contributed by atoms with E-state index in [1.807, 2.05) is 25.1 Å². The molecule has 1 aromatic carbocycles. The van der Waals surface area contributed by atoms with Crippen molar-refractivity contribution >= 4 is 22.6 Å². The lowest BCUT2D eigenvalue weighted by Crippen LogP contribution is -1.97. The van der Waals surface area contributed by atoms with Gasteiger partial charge < -0.3 is 0 Å². The second-order valence-corrected chi connectivity index (χ2v) is 4.60. The molecule has 2 heterocycles. The maximum atomic E-state index is 6.17. The van der Waals surface area contributed by atoms with Crippen LogP contribution in [0.15, 0.2) is 36.7 Å². The van der Waals surface area contributed by atoms with Gasteiger partial charge in [-0.25, -0.2) is 9.97 Å². The zero-order valence-corrected chi connectivity index (χ0v) is 10.9. The molecule has 0 aliphatic rings. The number of aryl methyl sites for hydroxylation is 1. The summed E-state index contributed by atoms with van der Waals surface area (Å²) < 4.78 is 2.11. The average Bonchev–Trinajstić information content (AvgIpc) is 2.64. The summed E-state index contributed by atoms with van der Waals surface area (Å²) >= 11 is 6.17. The predicted molar refractivity (Wildman–Crippen MR) is 73.3 cm³/mol. The highest BCUT2D eigenvalue weighted by atomic mass is 35.5. The van der Waals surface area contributed by atoms with Crippen molar-refractivity contribution in [1.29, 1.82) is 0 Å². The minimum absolute atomic E-state index is 0.510. The van der Waals surface area contributed by atoms with E-state index in [1.54, 1.807) is 0 Å². The largest absolute Gasteiger partial charge is 0.298 e. The molecule has 18 heavy (non-hydrogen) atoms. The summed E-state index contributed by atoms with van der Waals surface area (Å²) in [4.78, 5) is 8.42. The SMILES string of the molecule is Cc1c(C)n(-c2ccccc2)c2ncnc(Cl)c12. The first-order valence-corrected chi connectivity index (χ1v) is 6.11. The third-order valence-corrected chi connectivity index (χ3v) is 3.55. The molecule has 4 heteroatoms. The average molecular weight is 258 g/mol. The zero-order valence-electron chi connectivity index (χ0n) is 10.2. The van der Waals surface area contributed by atoms with Crippen molar-refractivity contribution in [1.82, 2.24) is 14.5 Å². The number of halogens is 1. The van der Waals surface area contributed by atoms with E-state index in [2.05, 4.69) is 33.6 Å². The third-order valence-electron chi connectivity index (χ3n) is 3.26. The van der Waals surface area contributed by atoms with Gasteiger partial charge in [0, 0.05) is 11.4 Å². The van der Waals surface area contributed by atoms with Gasteiger partial charge in [-0.3, -0.25) is 4.57 Å². The first-order valence-electron chi connectivity index (χ1n) is 5.73. The normalized spacial score (nSPS) is 11.1. The van der Waals surface area contributed by atoms with Crippen LogP contribution in [-0.4, -0.2) is 14.5 Å². The molecule has 0 spiro atoms. The highest BCUT2D eigenvalue weighted by Crippen LogP contribution is 2.30. The van der Waals surface area contributed by atoms with E-state index in [0.29, 0.717) is 5.15 Å². The summed E-state index contributed by atoms with van der Waals surface area (Å²) in [6, 6.07) is 10.1. The van der Waals surface area contributed by atoms with Crippen molar-refractivity contribution in [2.45, 2.75) is 13.8 Å². The van der Waals surface area contributed by atoms with Crippen LogP contribution in [0.5, 0.6) is 0 Å². The highest BCUT2D eigenvalue weighted by Gasteiger charge is 2.16. The fourth-order valence-corrected chi connectivity index (χ4v) is 2.52. The standard InChI is InChI=1S/C14H12ClN3/c1-9-10(2)18(11-6-4-3-5-7-11)14-12(9)13(15)16-8-17-14/h3-8H,1-2H3. The second kappa shape index (κ2) is 4.10. The first-order chi connectivity index (χ1) is 8.70. The van der Waals surface area contributed by atoms with Crippen molar-refractivity contribution < 1.29 is 0 Å². The molecule has 90 valence electrons. The summed E-state index contributed by atoms with van der Waals surface area (Å²) in [6.07, 6.45) is 1.50. The van der Waals surface area contributed by atoms with Crippen LogP contribution in [0.3, 0.4) is 0 Å². The number of rotatable bonds is 1. The van der Waals surface area contributed by atoms with Crippen LogP contribution < -0.4 is 0 Å². The third kappa shape index (κ3) is 1.51. The summed E-state index contributed by atoms with van der Waals surface area (Å²) in [5.74, 6) is 0. The molecular weight excluding hydrogens is 246 g/mol. The molecule has 0 bridgehead atoms. The Morgan fingerprint density at radius 3 is 2.50 bits per heavy atom. The van der Waals surface area contributed by atoms with Crippen LogP contribution >= 0.6 is 11.6 Å². The number of benzene rings is 1. The van der Waals surface area contributed by atoms with E-state index in [4.69, 9.17) is 11.6 Å². The Morgan fingerprint density at radius 1 is 1.06 bits per heavy atom. The van der Waals surface area contributed by atoms with E-state index in [-0.39, 0.29) is 0 Å². The number of aromatic nitrogens is 3. The molecule has 0 N–H and O–H groups in total. The first kappa shape index (κ1) is 11.2. The molecule has 0 amide bonds.